The van der Waals surface area contributed by atoms with Crippen LogP contribution in [0.25, 0.3) is 0 Å². The van der Waals surface area contributed by atoms with Crippen LogP contribution in [-0.4, -0.2) is 23.8 Å². The average Bonchev–Trinajstić information content (AvgIpc) is 2.96. The molecule has 3 N–H and O–H groups in total. The van der Waals surface area contributed by atoms with E-state index in [0.717, 1.165) is 6.42 Å². The third kappa shape index (κ3) is 3.34. The highest BCUT2D eigenvalue weighted by molar-refractivity contribution is 7.10. The Hall–Kier alpha value is -1.33. The summed E-state index contributed by atoms with van der Waals surface area (Å²) in [5, 5.41) is 16.8. The van der Waals surface area contributed by atoms with Crippen LogP contribution in [0.15, 0.2) is 23.6 Å². The summed E-state index contributed by atoms with van der Waals surface area (Å²) in [6, 6.07) is 1.92. The molecule has 1 aliphatic rings. The molecule has 18 heavy (non-hydrogen) atoms. The molecule has 0 fully saturated rings. The van der Waals surface area contributed by atoms with E-state index < -0.39 is 0 Å². The van der Waals surface area contributed by atoms with E-state index in [-0.39, 0.29) is 24.6 Å². The van der Waals surface area contributed by atoms with E-state index in [1.54, 1.807) is 11.3 Å². The van der Waals surface area contributed by atoms with Gasteiger partial charge in [-0.15, -0.1) is 11.3 Å². The fourth-order valence-electron chi connectivity index (χ4n) is 1.98. The number of hydrogen-bond donors (Lipinski definition) is 3. The van der Waals surface area contributed by atoms with Crippen LogP contribution >= 0.6 is 11.3 Å². The molecular formula is C13H18N2O2S. The van der Waals surface area contributed by atoms with Crippen LogP contribution in [0.1, 0.15) is 16.9 Å². The van der Waals surface area contributed by atoms with Crippen LogP contribution in [0.4, 0.5) is 4.79 Å². The van der Waals surface area contributed by atoms with Crippen molar-refractivity contribution in [3.63, 3.8) is 0 Å². The summed E-state index contributed by atoms with van der Waals surface area (Å²) in [4.78, 5) is 12.9. The molecule has 2 amide bonds. The Kier molecular flexibility index (Phi) is 4.38. The van der Waals surface area contributed by atoms with Crippen LogP contribution in [-0.2, 0) is 6.54 Å². The Balaban J connectivity index is 1.73. The number of aliphatic hydroxyl groups excluding tert-OH is 1. The maximum absolute atomic E-state index is 11.7. The van der Waals surface area contributed by atoms with Crippen molar-refractivity contribution in [2.45, 2.75) is 25.9 Å². The van der Waals surface area contributed by atoms with Crippen LogP contribution in [0.2, 0.25) is 0 Å². The third-order valence-corrected chi connectivity index (χ3v) is 4.12. The lowest BCUT2D eigenvalue weighted by Gasteiger charge is -2.13. The second kappa shape index (κ2) is 6.02. The highest BCUT2D eigenvalue weighted by Crippen LogP contribution is 2.17. The van der Waals surface area contributed by atoms with Gasteiger partial charge in [0.2, 0.25) is 0 Å². The van der Waals surface area contributed by atoms with E-state index in [1.165, 1.54) is 10.4 Å². The van der Waals surface area contributed by atoms with Crippen LogP contribution < -0.4 is 10.6 Å². The molecule has 0 bridgehead atoms. The lowest BCUT2D eigenvalue weighted by Crippen LogP contribution is -2.40. The van der Waals surface area contributed by atoms with Gasteiger partial charge >= 0.3 is 6.03 Å². The van der Waals surface area contributed by atoms with Crippen molar-refractivity contribution in [2.75, 3.05) is 6.61 Å². The van der Waals surface area contributed by atoms with Gasteiger partial charge in [0.05, 0.1) is 6.54 Å². The molecule has 98 valence electrons. The predicted octanol–water partition coefficient (Wildman–Crippen LogP) is 1.79. The lowest BCUT2D eigenvalue weighted by molar-refractivity contribution is 0.231. The van der Waals surface area contributed by atoms with Gasteiger partial charge in [-0.25, -0.2) is 4.79 Å². The van der Waals surface area contributed by atoms with Gasteiger partial charge in [-0.2, -0.15) is 0 Å². The molecule has 1 aromatic heterocycles. The summed E-state index contributed by atoms with van der Waals surface area (Å²) in [6.07, 6.45) is 4.67. The summed E-state index contributed by atoms with van der Waals surface area (Å²) in [5.74, 6) is 0.176. The molecule has 0 radical (unpaired) electrons. The molecule has 0 unspecified atom stereocenters. The molecule has 0 aliphatic heterocycles. The Morgan fingerprint density at radius 2 is 2.39 bits per heavy atom. The smallest absolute Gasteiger partial charge is 0.315 e. The molecule has 0 saturated carbocycles. The van der Waals surface area contributed by atoms with Gasteiger partial charge in [-0.3, -0.25) is 0 Å². The fraction of sp³-hybridized carbons (Fsp3) is 0.462. The molecule has 0 aromatic carbocycles. The van der Waals surface area contributed by atoms with Gasteiger partial charge in [-0.05, 0) is 30.4 Å². The minimum Gasteiger partial charge on any atom is -0.396 e. The molecule has 2 rings (SSSR count). The van der Waals surface area contributed by atoms with Crippen molar-refractivity contribution in [2.24, 2.45) is 5.92 Å². The molecule has 4 nitrogen and oxygen atoms in total. The second-order valence-electron chi connectivity index (χ2n) is 4.52. The van der Waals surface area contributed by atoms with E-state index in [9.17, 15) is 4.79 Å². The minimum atomic E-state index is -0.156. The minimum absolute atomic E-state index is 0.0339. The number of amides is 2. The molecule has 1 aromatic rings. The molecule has 1 heterocycles. The highest BCUT2D eigenvalue weighted by atomic mass is 32.1. The Morgan fingerprint density at radius 3 is 3.00 bits per heavy atom. The number of nitrogens with one attached hydrogen (secondary N) is 2. The number of urea groups is 1. The number of carbonyl (C=O) groups excluding carboxylic acids is 1. The largest absolute Gasteiger partial charge is 0.396 e. The van der Waals surface area contributed by atoms with Crippen molar-refractivity contribution in [1.29, 1.82) is 0 Å². The first kappa shape index (κ1) is 13.1. The van der Waals surface area contributed by atoms with E-state index in [2.05, 4.69) is 10.6 Å². The summed E-state index contributed by atoms with van der Waals surface area (Å²) in [7, 11) is 0. The zero-order valence-electron chi connectivity index (χ0n) is 10.3. The number of hydrogen-bond acceptors (Lipinski definition) is 3. The van der Waals surface area contributed by atoms with Crippen molar-refractivity contribution in [3.05, 3.63) is 34.0 Å². The van der Waals surface area contributed by atoms with E-state index in [1.807, 2.05) is 30.5 Å². The Labute approximate surface area is 111 Å². The normalized spacial score (nSPS) is 22.1. The predicted molar refractivity (Wildman–Crippen MR) is 72.5 cm³/mol. The standard InChI is InChI=1S/C13H18N2O2S/c1-9-4-5-18-12(9)7-14-13(17)15-11-3-2-10(6-11)8-16/h2-5,10-11,16H,6-8H2,1H3,(H2,14,15,17)/t10-,11+/m0/s1. The van der Waals surface area contributed by atoms with Gasteiger partial charge in [0.1, 0.15) is 0 Å². The Morgan fingerprint density at radius 1 is 1.56 bits per heavy atom. The van der Waals surface area contributed by atoms with E-state index >= 15 is 0 Å². The van der Waals surface area contributed by atoms with Crippen molar-refractivity contribution in [1.82, 2.24) is 10.6 Å². The van der Waals surface area contributed by atoms with Gasteiger partial charge in [0.25, 0.3) is 0 Å². The first-order valence-electron chi connectivity index (χ1n) is 6.05. The van der Waals surface area contributed by atoms with E-state index in [4.69, 9.17) is 5.11 Å². The SMILES string of the molecule is Cc1ccsc1CNC(=O)N[C@@H]1C=C[C@H](CO)C1. The molecule has 5 heteroatoms. The first-order valence-corrected chi connectivity index (χ1v) is 6.93. The summed E-state index contributed by atoms with van der Waals surface area (Å²) < 4.78 is 0. The average molecular weight is 266 g/mol. The topological polar surface area (TPSA) is 61.4 Å². The molecular weight excluding hydrogens is 248 g/mol. The maximum atomic E-state index is 11.7. The third-order valence-electron chi connectivity index (χ3n) is 3.10. The molecule has 1 aliphatic carbocycles. The van der Waals surface area contributed by atoms with Crippen molar-refractivity contribution >= 4 is 17.4 Å². The van der Waals surface area contributed by atoms with Crippen LogP contribution in [0.3, 0.4) is 0 Å². The lowest BCUT2D eigenvalue weighted by atomic mass is 10.1. The number of aliphatic hydroxyl groups is 1. The van der Waals surface area contributed by atoms with Gasteiger partial charge in [-0.1, -0.05) is 12.2 Å². The van der Waals surface area contributed by atoms with Gasteiger partial charge in [0, 0.05) is 23.4 Å². The number of aryl methyl sites for hydroxylation is 1. The zero-order valence-corrected chi connectivity index (χ0v) is 11.2. The number of thiophene rings is 1. The fourth-order valence-corrected chi connectivity index (χ4v) is 2.83. The second-order valence-corrected chi connectivity index (χ2v) is 5.52. The van der Waals surface area contributed by atoms with Gasteiger partial charge < -0.3 is 15.7 Å². The maximum Gasteiger partial charge on any atom is 0.315 e. The van der Waals surface area contributed by atoms with Crippen LogP contribution in [0, 0.1) is 12.8 Å². The van der Waals surface area contributed by atoms with Crippen LogP contribution in [0.5, 0.6) is 0 Å². The molecule has 0 saturated heterocycles. The highest BCUT2D eigenvalue weighted by Gasteiger charge is 2.19. The molecule has 2 atom stereocenters. The van der Waals surface area contributed by atoms with E-state index in [0.29, 0.717) is 6.54 Å². The summed E-state index contributed by atoms with van der Waals surface area (Å²) >= 11 is 1.65. The molecule has 0 spiro atoms. The zero-order chi connectivity index (χ0) is 13.0. The first-order chi connectivity index (χ1) is 8.69. The quantitative estimate of drug-likeness (QED) is 0.728. The summed E-state index contributed by atoms with van der Waals surface area (Å²) in [6.45, 7) is 2.75. The summed E-state index contributed by atoms with van der Waals surface area (Å²) in [5.41, 5.74) is 1.21. The number of carbonyl (C=O) groups is 1. The van der Waals surface area contributed by atoms with Gasteiger partial charge in [0.15, 0.2) is 0 Å². The van der Waals surface area contributed by atoms with Crippen molar-refractivity contribution in [3.8, 4) is 0 Å². The van der Waals surface area contributed by atoms with Crippen molar-refractivity contribution < 1.29 is 9.90 Å². The monoisotopic (exact) mass is 266 g/mol. The Bertz CT molecular complexity index is 442. The number of rotatable bonds is 4.